The van der Waals surface area contributed by atoms with Gasteiger partial charge >= 0.3 is 6.09 Å². The average molecular weight is 333 g/mol. The van der Waals surface area contributed by atoms with E-state index in [9.17, 15) is 4.79 Å². The Bertz CT molecular complexity index is 511. The minimum atomic E-state index is -0.415. The lowest BCUT2D eigenvalue weighted by Crippen LogP contribution is -2.41. The second-order valence-electron chi connectivity index (χ2n) is 7.53. The van der Waals surface area contributed by atoms with Crippen LogP contribution < -0.4 is 4.74 Å². The largest absolute Gasteiger partial charge is 0.494 e. The first-order valence-corrected chi connectivity index (χ1v) is 9.07. The zero-order valence-corrected chi connectivity index (χ0v) is 15.5. The standard InChI is InChI=1S/C20H31NO3/c1-5-23-18-10-8-16(9-11-18)6-7-17-12-14-21(15-13-17)19(22)24-20(2,3)4/h8-11,17H,5-7,12-15H2,1-4H3. The summed E-state index contributed by atoms with van der Waals surface area (Å²) in [5.74, 6) is 1.63. The van der Waals surface area contributed by atoms with Crippen molar-refractivity contribution in [3.63, 3.8) is 0 Å². The molecule has 0 unspecified atom stereocenters. The maximum atomic E-state index is 12.1. The summed E-state index contributed by atoms with van der Waals surface area (Å²) in [4.78, 5) is 13.9. The Morgan fingerprint density at radius 2 is 1.79 bits per heavy atom. The molecule has 1 heterocycles. The van der Waals surface area contributed by atoms with Gasteiger partial charge in [-0.25, -0.2) is 4.79 Å². The molecule has 1 amide bonds. The van der Waals surface area contributed by atoms with Crippen molar-refractivity contribution in [2.45, 2.75) is 59.0 Å². The number of hydrogen-bond acceptors (Lipinski definition) is 3. The number of nitrogens with zero attached hydrogens (tertiary/aromatic N) is 1. The molecule has 1 saturated heterocycles. The van der Waals surface area contributed by atoms with Crippen LogP contribution in [0.15, 0.2) is 24.3 Å². The molecule has 0 saturated carbocycles. The molecule has 0 spiro atoms. The minimum Gasteiger partial charge on any atom is -0.494 e. The van der Waals surface area contributed by atoms with Crippen LogP contribution in [0.1, 0.15) is 52.5 Å². The van der Waals surface area contributed by atoms with Crippen LogP contribution in [0, 0.1) is 5.92 Å². The zero-order chi connectivity index (χ0) is 17.6. The Labute approximate surface area is 146 Å². The third-order valence-corrected chi connectivity index (χ3v) is 4.34. The topological polar surface area (TPSA) is 38.8 Å². The van der Waals surface area contributed by atoms with Crippen molar-refractivity contribution in [1.82, 2.24) is 4.90 Å². The summed E-state index contributed by atoms with van der Waals surface area (Å²) in [6.07, 6.45) is 4.22. The molecule has 1 aliphatic heterocycles. The summed E-state index contributed by atoms with van der Waals surface area (Å²) < 4.78 is 10.9. The number of amides is 1. The number of likely N-dealkylation sites (tertiary alicyclic amines) is 1. The van der Waals surface area contributed by atoms with E-state index in [0.717, 1.165) is 38.1 Å². The van der Waals surface area contributed by atoms with E-state index in [1.807, 2.05) is 44.7 Å². The lowest BCUT2D eigenvalue weighted by molar-refractivity contribution is 0.0181. The van der Waals surface area contributed by atoms with Gasteiger partial charge < -0.3 is 14.4 Å². The minimum absolute atomic E-state index is 0.174. The fourth-order valence-electron chi connectivity index (χ4n) is 3.02. The molecule has 0 aromatic heterocycles. The SMILES string of the molecule is CCOc1ccc(CCC2CCN(C(=O)OC(C)(C)C)CC2)cc1. The van der Waals surface area contributed by atoms with Crippen LogP contribution >= 0.6 is 0 Å². The smallest absolute Gasteiger partial charge is 0.410 e. The number of aryl methyl sites for hydroxylation is 1. The molecule has 1 fully saturated rings. The van der Waals surface area contributed by atoms with Gasteiger partial charge in [0.15, 0.2) is 0 Å². The Hall–Kier alpha value is -1.71. The molecule has 0 N–H and O–H groups in total. The highest BCUT2D eigenvalue weighted by atomic mass is 16.6. The molecule has 0 aliphatic carbocycles. The van der Waals surface area contributed by atoms with Crippen molar-refractivity contribution in [3.8, 4) is 5.75 Å². The number of rotatable bonds is 5. The maximum absolute atomic E-state index is 12.1. The van der Waals surface area contributed by atoms with Gasteiger partial charge in [-0.1, -0.05) is 12.1 Å². The monoisotopic (exact) mass is 333 g/mol. The molecule has 0 bridgehead atoms. The fourth-order valence-corrected chi connectivity index (χ4v) is 3.02. The van der Waals surface area contributed by atoms with Crippen LogP contribution in [0.3, 0.4) is 0 Å². The van der Waals surface area contributed by atoms with Crippen LogP contribution in [0.4, 0.5) is 4.79 Å². The fraction of sp³-hybridized carbons (Fsp3) is 0.650. The predicted molar refractivity (Wildman–Crippen MR) is 96.5 cm³/mol. The molecule has 0 radical (unpaired) electrons. The van der Waals surface area contributed by atoms with Crippen molar-refractivity contribution in [1.29, 1.82) is 0 Å². The van der Waals surface area contributed by atoms with Crippen molar-refractivity contribution in [2.24, 2.45) is 5.92 Å². The summed E-state index contributed by atoms with van der Waals surface area (Å²) in [5.41, 5.74) is 0.940. The van der Waals surface area contributed by atoms with E-state index < -0.39 is 5.60 Å². The summed E-state index contributed by atoms with van der Waals surface area (Å²) >= 11 is 0. The highest BCUT2D eigenvalue weighted by Gasteiger charge is 2.26. The van der Waals surface area contributed by atoms with Crippen molar-refractivity contribution >= 4 is 6.09 Å². The lowest BCUT2D eigenvalue weighted by atomic mass is 9.90. The van der Waals surface area contributed by atoms with Crippen LogP contribution in [-0.4, -0.2) is 36.3 Å². The van der Waals surface area contributed by atoms with Gasteiger partial charge in [-0.15, -0.1) is 0 Å². The van der Waals surface area contributed by atoms with E-state index in [1.54, 1.807) is 0 Å². The predicted octanol–water partition coefficient (Wildman–Crippen LogP) is 4.67. The van der Waals surface area contributed by atoms with Gasteiger partial charge in [0, 0.05) is 13.1 Å². The van der Waals surface area contributed by atoms with E-state index in [0.29, 0.717) is 12.5 Å². The molecule has 0 atom stereocenters. The number of carbonyl (C=O) groups is 1. The molecule has 24 heavy (non-hydrogen) atoms. The third-order valence-electron chi connectivity index (χ3n) is 4.34. The number of hydrogen-bond donors (Lipinski definition) is 0. The van der Waals surface area contributed by atoms with Crippen LogP contribution in [0.5, 0.6) is 5.75 Å². The molecule has 2 rings (SSSR count). The van der Waals surface area contributed by atoms with Crippen LogP contribution in [0.2, 0.25) is 0 Å². The summed E-state index contributed by atoms with van der Waals surface area (Å²) in [5, 5.41) is 0. The van der Waals surface area contributed by atoms with E-state index >= 15 is 0 Å². The first-order chi connectivity index (χ1) is 11.4. The number of piperidine rings is 1. The zero-order valence-electron chi connectivity index (χ0n) is 15.5. The van der Waals surface area contributed by atoms with Crippen molar-refractivity contribution in [3.05, 3.63) is 29.8 Å². The molecule has 1 aliphatic rings. The Morgan fingerprint density at radius 3 is 2.33 bits per heavy atom. The van der Waals surface area contributed by atoms with Gasteiger partial charge in [-0.05, 0) is 77.0 Å². The molecular weight excluding hydrogens is 302 g/mol. The highest BCUT2D eigenvalue weighted by Crippen LogP contribution is 2.24. The number of ether oxygens (including phenoxy) is 2. The van der Waals surface area contributed by atoms with Gasteiger partial charge in [-0.3, -0.25) is 0 Å². The van der Waals surface area contributed by atoms with Crippen LogP contribution in [0.25, 0.3) is 0 Å². The molecule has 4 heteroatoms. The third kappa shape index (κ3) is 6.06. The van der Waals surface area contributed by atoms with Crippen molar-refractivity contribution < 1.29 is 14.3 Å². The molecule has 134 valence electrons. The summed E-state index contributed by atoms with van der Waals surface area (Å²) in [6, 6.07) is 8.40. The van der Waals surface area contributed by atoms with Gasteiger partial charge in [0.25, 0.3) is 0 Å². The van der Waals surface area contributed by atoms with E-state index in [2.05, 4.69) is 12.1 Å². The normalized spacial score (nSPS) is 16.1. The maximum Gasteiger partial charge on any atom is 0.410 e. The first-order valence-electron chi connectivity index (χ1n) is 9.07. The average Bonchev–Trinajstić information content (AvgIpc) is 2.53. The molecular formula is C20H31NO3. The lowest BCUT2D eigenvalue weighted by Gasteiger charge is -2.33. The van der Waals surface area contributed by atoms with Crippen molar-refractivity contribution in [2.75, 3.05) is 19.7 Å². The van der Waals surface area contributed by atoms with Crippen LogP contribution in [-0.2, 0) is 11.2 Å². The van der Waals surface area contributed by atoms with E-state index in [1.165, 1.54) is 12.0 Å². The Balaban J connectivity index is 1.72. The number of benzene rings is 1. The van der Waals surface area contributed by atoms with Gasteiger partial charge in [-0.2, -0.15) is 0 Å². The van der Waals surface area contributed by atoms with Gasteiger partial charge in [0.05, 0.1) is 6.61 Å². The van der Waals surface area contributed by atoms with E-state index in [4.69, 9.17) is 9.47 Å². The Morgan fingerprint density at radius 1 is 1.17 bits per heavy atom. The second kappa shape index (κ2) is 8.41. The second-order valence-corrected chi connectivity index (χ2v) is 7.53. The first kappa shape index (κ1) is 18.6. The Kier molecular flexibility index (Phi) is 6.52. The number of carbonyl (C=O) groups excluding carboxylic acids is 1. The van der Waals surface area contributed by atoms with Gasteiger partial charge in [0.1, 0.15) is 11.4 Å². The van der Waals surface area contributed by atoms with E-state index in [-0.39, 0.29) is 6.09 Å². The quantitative estimate of drug-likeness (QED) is 0.786. The highest BCUT2D eigenvalue weighted by molar-refractivity contribution is 5.68. The summed E-state index contributed by atoms with van der Waals surface area (Å²) in [6.45, 7) is 10.1. The van der Waals surface area contributed by atoms with Gasteiger partial charge in [0.2, 0.25) is 0 Å². The molecule has 1 aromatic rings. The summed E-state index contributed by atoms with van der Waals surface area (Å²) in [7, 11) is 0. The molecule has 4 nitrogen and oxygen atoms in total. The molecule has 1 aromatic carbocycles.